The van der Waals surface area contributed by atoms with Gasteiger partial charge in [0.2, 0.25) is 0 Å². The SMILES string of the molecule is CC1OCCC1N(C)c1ccc(CNC(C)(C)C)c(Cl)c1. The fourth-order valence-corrected chi connectivity index (χ4v) is 2.92. The van der Waals surface area contributed by atoms with Crippen molar-refractivity contribution in [2.75, 3.05) is 18.6 Å². The zero-order valence-corrected chi connectivity index (χ0v) is 14.5. The van der Waals surface area contributed by atoms with E-state index in [4.69, 9.17) is 16.3 Å². The first-order valence-electron chi connectivity index (χ1n) is 7.66. The van der Waals surface area contributed by atoms with Crippen LogP contribution in [0.25, 0.3) is 0 Å². The van der Waals surface area contributed by atoms with E-state index in [2.05, 4.69) is 63.2 Å². The Balaban J connectivity index is 2.07. The number of anilines is 1. The van der Waals surface area contributed by atoms with Gasteiger partial charge in [0.1, 0.15) is 0 Å². The number of likely N-dealkylation sites (N-methyl/N-ethyl adjacent to an activating group) is 1. The predicted octanol–water partition coefficient (Wildman–Crippen LogP) is 3.84. The Morgan fingerprint density at radius 3 is 2.62 bits per heavy atom. The van der Waals surface area contributed by atoms with Crippen LogP contribution in [0, 0.1) is 0 Å². The molecule has 0 aromatic heterocycles. The Hall–Kier alpha value is -0.770. The van der Waals surface area contributed by atoms with Crippen molar-refractivity contribution >= 4 is 17.3 Å². The minimum absolute atomic E-state index is 0.0927. The molecule has 0 aliphatic carbocycles. The normalized spacial score (nSPS) is 22.6. The summed E-state index contributed by atoms with van der Waals surface area (Å²) < 4.78 is 5.65. The molecule has 1 aliphatic rings. The van der Waals surface area contributed by atoms with Crippen molar-refractivity contribution in [1.29, 1.82) is 0 Å². The average molecular weight is 311 g/mol. The van der Waals surface area contributed by atoms with Crippen LogP contribution in [0.1, 0.15) is 39.7 Å². The Bertz CT molecular complexity index is 484. The molecule has 0 radical (unpaired) electrons. The van der Waals surface area contributed by atoms with Crippen LogP contribution in [0.5, 0.6) is 0 Å². The smallest absolute Gasteiger partial charge is 0.0750 e. The van der Waals surface area contributed by atoms with Crippen LogP contribution in [0.2, 0.25) is 5.02 Å². The predicted molar refractivity (Wildman–Crippen MR) is 90.3 cm³/mol. The summed E-state index contributed by atoms with van der Waals surface area (Å²) in [6.45, 7) is 10.2. The monoisotopic (exact) mass is 310 g/mol. The zero-order valence-electron chi connectivity index (χ0n) is 13.7. The Labute approximate surface area is 133 Å². The van der Waals surface area contributed by atoms with Gasteiger partial charge in [0.15, 0.2) is 0 Å². The van der Waals surface area contributed by atoms with Gasteiger partial charge < -0.3 is 15.0 Å². The lowest BCUT2D eigenvalue weighted by atomic mass is 10.1. The third-order valence-corrected chi connectivity index (χ3v) is 4.44. The molecular weight excluding hydrogens is 284 g/mol. The van der Waals surface area contributed by atoms with Crippen molar-refractivity contribution in [2.45, 2.75) is 58.3 Å². The lowest BCUT2D eigenvalue weighted by molar-refractivity contribution is 0.118. The van der Waals surface area contributed by atoms with Gasteiger partial charge in [-0.15, -0.1) is 0 Å². The number of ether oxygens (including phenoxy) is 1. The van der Waals surface area contributed by atoms with Crippen molar-refractivity contribution in [3.63, 3.8) is 0 Å². The van der Waals surface area contributed by atoms with E-state index in [9.17, 15) is 0 Å². The van der Waals surface area contributed by atoms with E-state index in [0.717, 1.165) is 35.8 Å². The summed E-state index contributed by atoms with van der Waals surface area (Å²) in [7, 11) is 2.12. The van der Waals surface area contributed by atoms with Gasteiger partial charge in [-0.2, -0.15) is 0 Å². The molecule has 2 unspecified atom stereocenters. The molecule has 2 atom stereocenters. The third-order valence-electron chi connectivity index (χ3n) is 4.09. The first kappa shape index (κ1) is 16.6. The van der Waals surface area contributed by atoms with E-state index in [-0.39, 0.29) is 11.6 Å². The maximum absolute atomic E-state index is 6.45. The maximum atomic E-state index is 6.45. The van der Waals surface area contributed by atoms with Gasteiger partial charge >= 0.3 is 0 Å². The summed E-state index contributed by atoms with van der Waals surface area (Å²) in [6.07, 6.45) is 1.35. The first-order chi connectivity index (χ1) is 9.78. The zero-order chi connectivity index (χ0) is 15.6. The number of benzene rings is 1. The molecule has 0 spiro atoms. The maximum Gasteiger partial charge on any atom is 0.0750 e. The van der Waals surface area contributed by atoms with E-state index < -0.39 is 0 Å². The summed E-state index contributed by atoms with van der Waals surface area (Å²) in [5.41, 5.74) is 2.39. The number of nitrogens with one attached hydrogen (secondary N) is 1. The fraction of sp³-hybridized carbons (Fsp3) is 0.647. The van der Waals surface area contributed by atoms with E-state index in [0.29, 0.717) is 6.04 Å². The third kappa shape index (κ3) is 4.35. The quantitative estimate of drug-likeness (QED) is 0.914. The lowest BCUT2D eigenvalue weighted by Crippen LogP contribution is -2.37. The second kappa shape index (κ2) is 6.55. The number of hydrogen-bond acceptors (Lipinski definition) is 3. The largest absolute Gasteiger partial charge is 0.376 e. The number of rotatable bonds is 4. The highest BCUT2D eigenvalue weighted by Crippen LogP contribution is 2.28. The molecule has 3 nitrogen and oxygen atoms in total. The highest BCUT2D eigenvalue weighted by Gasteiger charge is 2.28. The van der Waals surface area contributed by atoms with Crippen LogP contribution < -0.4 is 10.2 Å². The van der Waals surface area contributed by atoms with Gasteiger partial charge in [-0.05, 0) is 51.8 Å². The number of nitrogens with zero attached hydrogens (tertiary/aromatic N) is 1. The first-order valence-corrected chi connectivity index (χ1v) is 8.03. The van der Waals surface area contributed by atoms with Crippen molar-refractivity contribution < 1.29 is 4.74 Å². The van der Waals surface area contributed by atoms with Crippen LogP contribution in [0.4, 0.5) is 5.69 Å². The van der Waals surface area contributed by atoms with Crippen LogP contribution in [0.15, 0.2) is 18.2 Å². The second-order valence-corrected chi connectivity index (χ2v) is 7.33. The molecule has 2 rings (SSSR count). The van der Waals surface area contributed by atoms with Gasteiger partial charge in [-0.3, -0.25) is 0 Å². The standard InChI is InChI=1S/C17H27ClN2O/c1-12-16(8-9-21-12)20(5)14-7-6-13(15(18)10-14)11-19-17(2,3)4/h6-7,10,12,16,19H,8-9,11H2,1-5H3. The molecule has 118 valence electrons. The molecule has 1 aliphatic heterocycles. The van der Waals surface area contributed by atoms with Gasteiger partial charge in [0.05, 0.1) is 12.1 Å². The van der Waals surface area contributed by atoms with Crippen molar-refractivity contribution in [1.82, 2.24) is 5.32 Å². The molecule has 21 heavy (non-hydrogen) atoms. The molecular formula is C17H27ClN2O. The average Bonchev–Trinajstić information content (AvgIpc) is 2.81. The van der Waals surface area contributed by atoms with Crippen LogP contribution in [0.3, 0.4) is 0 Å². The molecule has 1 fully saturated rings. The minimum Gasteiger partial charge on any atom is -0.376 e. The van der Waals surface area contributed by atoms with E-state index in [1.807, 2.05) is 0 Å². The molecule has 1 aromatic carbocycles. The Morgan fingerprint density at radius 1 is 1.38 bits per heavy atom. The topological polar surface area (TPSA) is 24.5 Å². The Morgan fingerprint density at radius 2 is 2.10 bits per heavy atom. The van der Waals surface area contributed by atoms with E-state index in [1.54, 1.807) is 0 Å². The van der Waals surface area contributed by atoms with E-state index in [1.165, 1.54) is 0 Å². The van der Waals surface area contributed by atoms with Gasteiger partial charge in [-0.25, -0.2) is 0 Å². The number of hydrogen-bond donors (Lipinski definition) is 1. The molecule has 0 amide bonds. The summed E-state index contributed by atoms with van der Waals surface area (Å²) in [4.78, 5) is 2.28. The van der Waals surface area contributed by atoms with Crippen LogP contribution >= 0.6 is 11.6 Å². The van der Waals surface area contributed by atoms with Gasteiger partial charge in [0, 0.05) is 36.4 Å². The molecule has 0 bridgehead atoms. The molecule has 0 saturated carbocycles. The lowest BCUT2D eigenvalue weighted by Gasteiger charge is -2.29. The fourth-order valence-electron chi connectivity index (χ4n) is 2.68. The summed E-state index contributed by atoms with van der Waals surface area (Å²) >= 11 is 6.45. The highest BCUT2D eigenvalue weighted by molar-refractivity contribution is 6.31. The van der Waals surface area contributed by atoms with Crippen LogP contribution in [-0.2, 0) is 11.3 Å². The molecule has 1 saturated heterocycles. The number of halogens is 1. The summed E-state index contributed by atoms with van der Waals surface area (Å²) in [5.74, 6) is 0. The van der Waals surface area contributed by atoms with Crippen molar-refractivity contribution in [3.05, 3.63) is 28.8 Å². The van der Waals surface area contributed by atoms with Gasteiger partial charge in [-0.1, -0.05) is 17.7 Å². The molecule has 1 N–H and O–H groups in total. The van der Waals surface area contributed by atoms with E-state index >= 15 is 0 Å². The minimum atomic E-state index is 0.0927. The van der Waals surface area contributed by atoms with Crippen molar-refractivity contribution in [3.8, 4) is 0 Å². The van der Waals surface area contributed by atoms with Crippen LogP contribution in [-0.4, -0.2) is 31.3 Å². The summed E-state index contributed by atoms with van der Waals surface area (Å²) in [5, 5.41) is 4.29. The summed E-state index contributed by atoms with van der Waals surface area (Å²) in [6, 6.07) is 6.76. The highest BCUT2D eigenvalue weighted by atomic mass is 35.5. The molecule has 1 heterocycles. The molecule has 1 aromatic rings. The van der Waals surface area contributed by atoms with Gasteiger partial charge in [0.25, 0.3) is 0 Å². The van der Waals surface area contributed by atoms with Crippen molar-refractivity contribution in [2.24, 2.45) is 0 Å². The second-order valence-electron chi connectivity index (χ2n) is 6.92. The Kier molecular flexibility index (Phi) is 5.18. The molecule has 4 heteroatoms.